The van der Waals surface area contributed by atoms with Crippen LogP contribution < -0.4 is 0 Å². The number of allylic oxidation sites excluding steroid dienone is 1. The van der Waals surface area contributed by atoms with Crippen molar-refractivity contribution in [2.75, 3.05) is 13.2 Å². The zero-order valence-electron chi connectivity index (χ0n) is 14.9. The van der Waals surface area contributed by atoms with Crippen LogP contribution in [-0.4, -0.2) is 59.4 Å². The Kier molecular flexibility index (Phi) is 3.55. The molecule has 1 spiro atoms. The van der Waals surface area contributed by atoms with Crippen LogP contribution in [0.1, 0.15) is 33.6 Å². The normalized spacial score (nSPS) is 50.2. The highest BCUT2D eigenvalue weighted by atomic mass is 16.6. The van der Waals surface area contributed by atoms with Gasteiger partial charge in [-0.3, -0.25) is 0 Å². The summed E-state index contributed by atoms with van der Waals surface area (Å²) in [6, 6.07) is 0. The van der Waals surface area contributed by atoms with Crippen molar-refractivity contribution in [3.8, 4) is 0 Å². The van der Waals surface area contributed by atoms with Gasteiger partial charge in [-0.15, -0.1) is 0 Å². The minimum atomic E-state index is -1.01. The minimum Gasteiger partial charge on any atom is -0.462 e. The number of aliphatic hydroxyl groups excluding tert-OH is 2. The first-order valence-corrected chi connectivity index (χ1v) is 8.85. The number of hydrogen-bond acceptors (Lipinski definition) is 6. The molecule has 0 amide bonds. The molecule has 2 saturated heterocycles. The molecule has 25 heavy (non-hydrogen) atoms. The fourth-order valence-electron chi connectivity index (χ4n) is 5.35. The van der Waals surface area contributed by atoms with Crippen LogP contribution in [0.3, 0.4) is 0 Å². The molecule has 3 fully saturated rings. The molecule has 0 radical (unpaired) electrons. The van der Waals surface area contributed by atoms with Gasteiger partial charge in [0.15, 0.2) is 0 Å². The van der Waals surface area contributed by atoms with E-state index in [9.17, 15) is 15.0 Å². The zero-order valence-corrected chi connectivity index (χ0v) is 14.9. The van der Waals surface area contributed by atoms with Gasteiger partial charge in [0, 0.05) is 16.4 Å². The first kappa shape index (κ1) is 17.2. The standard InChI is InChI=1S/C19H26O6/c1-10(2)16(22)23-8-18-6-5-11(3)7-12(18)25-15-13(20)14(21)17(18,4)19(15)9-24-19/h7,12-15,20-21H,1,5-6,8-9H2,2-4H3/t12-,13-,14-,15-,17-,18-,19+/m1/s1. The van der Waals surface area contributed by atoms with Crippen molar-refractivity contribution in [3.05, 3.63) is 23.8 Å². The second-order valence-corrected chi connectivity index (χ2v) is 8.32. The summed E-state index contributed by atoms with van der Waals surface area (Å²) in [7, 11) is 0. The fourth-order valence-corrected chi connectivity index (χ4v) is 5.35. The van der Waals surface area contributed by atoms with E-state index in [-0.39, 0.29) is 12.7 Å². The lowest BCUT2D eigenvalue weighted by Crippen LogP contribution is -2.66. The third-order valence-electron chi connectivity index (χ3n) is 7.10. The predicted molar refractivity (Wildman–Crippen MR) is 88.7 cm³/mol. The number of fused-ring (bicyclic) bond motifs is 2. The molecule has 6 nitrogen and oxygen atoms in total. The monoisotopic (exact) mass is 350 g/mol. The van der Waals surface area contributed by atoms with E-state index in [1.54, 1.807) is 6.92 Å². The zero-order chi connectivity index (χ0) is 18.2. The summed E-state index contributed by atoms with van der Waals surface area (Å²) in [6.07, 6.45) is 0.649. The molecular formula is C19H26O6. The molecule has 2 bridgehead atoms. The van der Waals surface area contributed by atoms with E-state index < -0.39 is 40.7 Å². The molecule has 0 aromatic carbocycles. The number of ether oxygens (including phenoxy) is 3. The van der Waals surface area contributed by atoms with E-state index in [1.165, 1.54) is 5.57 Å². The number of aliphatic hydroxyl groups is 2. The maximum atomic E-state index is 12.0. The Hall–Kier alpha value is -1.21. The fraction of sp³-hybridized carbons (Fsp3) is 0.737. The molecule has 2 heterocycles. The van der Waals surface area contributed by atoms with Crippen molar-refractivity contribution in [3.63, 3.8) is 0 Å². The quantitative estimate of drug-likeness (QED) is 0.343. The average molecular weight is 350 g/mol. The Morgan fingerprint density at radius 3 is 2.76 bits per heavy atom. The Labute approximate surface area is 147 Å². The molecule has 4 aliphatic rings. The van der Waals surface area contributed by atoms with E-state index in [4.69, 9.17) is 14.2 Å². The Morgan fingerprint density at radius 1 is 1.48 bits per heavy atom. The third-order valence-corrected chi connectivity index (χ3v) is 7.10. The van der Waals surface area contributed by atoms with Crippen molar-refractivity contribution in [2.45, 2.75) is 63.6 Å². The first-order valence-electron chi connectivity index (χ1n) is 8.85. The van der Waals surface area contributed by atoms with E-state index in [2.05, 4.69) is 6.58 Å². The second-order valence-electron chi connectivity index (χ2n) is 8.32. The number of esters is 1. The number of rotatable bonds is 3. The van der Waals surface area contributed by atoms with Crippen molar-refractivity contribution in [1.29, 1.82) is 0 Å². The highest BCUT2D eigenvalue weighted by Gasteiger charge is 2.84. The molecule has 0 aromatic rings. The van der Waals surface area contributed by atoms with Gasteiger partial charge in [-0.1, -0.05) is 25.2 Å². The number of epoxide rings is 1. The Morgan fingerprint density at radius 2 is 2.16 bits per heavy atom. The van der Waals surface area contributed by atoms with E-state index >= 15 is 0 Å². The molecular weight excluding hydrogens is 324 g/mol. The lowest BCUT2D eigenvalue weighted by atomic mass is 9.51. The van der Waals surface area contributed by atoms with Crippen molar-refractivity contribution >= 4 is 5.97 Å². The van der Waals surface area contributed by atoms with Crippen molar-refractivity contribution in [1.82, 2.24) is 0 Å². The third kappa shape index (κ3) is 1.91. The molecule has 6 heteroatoms. The molecule has 2 aliphatic carbocycles. The summed E-state index contributed by atoms with van der Waals surface area (Å²) in [6.45, 7) is 9.78. The van der Waals surface area contributed by atoms with Gasteiger partial charge in [0.2, 0.25) is 0 Å². The first-order chi connectivity index (χ1) is 11.7. The van der Waals surface area contributed by atoms with Gasteiger partial charge < -0.3 is 24.4 Å². The van der Waals surface area contributed by atoms with Crippen molar-refractivity contribution in [2.24, 2.45) is 10.8 Å². The van der Waals surface area contributed by atoms with Gasteiger partial charge in [-0.25, -0.2) is 4.79 Å². The Balaban J connectivity index is 1.79. The number of carbonyl (C=O) groups is 1. The summed E-state index contributed by atoms with van der Waals surface area (Å²) in [5.41, 5.74) is -0.593. The smallest absolute Gasteiger partial charge is 0.333 e. The summed E-state index contributed by atoms with van der Waals surface area (Å²) in [5, 5.41) is 21.6. The van der Waals surface area contributed by atoms with E-state index in [0.29, 0.717) is 18.6 Å². The molecule has 4 rings (SSSR count). The van der Waals surface area contributed by atoms with Crippen LogP contribution in [0.25, 0.3) is 0 Å². The average Bonchev–Trinajstić information content (AvgIpc) is 3.35. The topological polar surface area (TPSA) is 88.5 Å². The van der Waals surface area contributed by atoms with Gasteiger partial charge in [-0.2, -0.15) is 0 Å². The Bertz CT molecular complexity index is 665. The van der Waals surface area contributed by atoms with Gasteiger partial charge >= 0.3 is 5.97 Å². The summed E-state index contributed by atoms with van der Waals surface area (Å²) in [4.78, 5) is 12.0. The van der Waals surface area contributed by atoms with Crippen LogP contribution in [0.2, 0.25) is 0 Å². The maximum absolute atomic E-state index is 12.0. The van der Waals surface area contributed by atoms with Crippen LogP contribution in [0.4, 0.5) is 0 Å². The molecule has 2 N–H and O–H groups in total. The van der Waals surface area contributed by atoms with Crippen LogP contribution in [0, 0.1) is 10.8 Å². The SMILES string of the molecule is C=C(C)C(=O)OC[C@]12CCC(C)=C[C@H]1O[C@@H]1[C@H](O)[C@@H](O)[C@@]2(C)[C@]12CO2. The van der Waals surface area contributed by atoms with E-state index in [1.807, 2.05) is 19.9 Å². The molecule has 1 saturated carbocycles. The number of hydrogen-bond donors (Lipinski definition) is 2. The maximum Gasteiger partial charge on any atom is 0.333 e. The lowest BCUT2D eigenvalue weighted by Gasteiger charge is -2.57. The highest BCUT2D eigenvalue weighted by molar-refractivity contribution is 5.86. The van der Waals surface area contributed by atoms with Gasteiger partial charge in [0.1, 0.15) is 24.4 Å². The highest BCUT2D eigenvalue weighted by Crippen LogP contribution is 2.71. The molecule has 138 valence electrons. The van der Waals surface area contributed by atoms with Gasteiger partial charge in [0.05, 0.1) is 18.8 Å². The van der Waals surface area contributed by atoms with Crippen LogP contribution >= 0.6 is 0 Å². The summed E-state index contributed by atoms with van der Waals surface area (Å²) < 4.78 is 17.6. The van der Waals surface area contributed by atoms with Gasteiger partial charge in [0.25, 0.3) is 0 Å². The van der Waals surface area contributed by atoms with Crippen LogP contribution in [0.5, 0.6) is 0 Å². The largest absolute Gasteiger partial charge is 0.462 e. The van der Waals surface area contributed by atoms with Gasteiger partial charge in [-0.05, 0) is 26.7 Å². The summed E-state index contributed by atoms with van der Waals surface area (Å²) >= 11 is 0. The lowest BCUT2D eigenvalue weighted by molar-refractivity contribution is -0.230. The summed E-state index contributed by atoms with van der Waals surface area (Å²) in [5.74, 6) is -0.455. The molecule has 7 atom stereocenters. The van der Waals surface area contributed by atoms with Crippen molar-refractivity contribution < 1.29 is 29.2 Å². The molecule has 0 aromatic heterocycles. The minimum absolute atomic E-state index is 0.102. The second kappa shape index (κ2) is 5.16. The van der Waals surface area contributed by atoms with E-state index in [0.717, 1.165) is 6.42 Å². The van der Waals surface area contributed by atoms with Crippen LogP contribution in [-0.2, 0) is 19.0 Å². The number of carbonyl (C=O) groups excluding carboxylic acids is 1. The predicted octanol–water partition coefficient (Wildman–Crippen LogP) is 1.11. The molecule has 2 aliphatic heterocycles. The molecule has 0 unspecified atom stereocenters. The van der Waals surface area contributed by atoms with Crippen LogP contribution in [0.15, 0.2) is 23.8 Å².